The Hall–Kier alpha value is -0.800. The standard InChI is InChI=1S/C12H23NO6/c1-5-9(14)18-7-12(3,13-11(16)17-4)8-19-10(15)6-2/h5-6,9-11,13-16H,1-2,7-8H2,3-4H3. The Morgan fingerprint density at radius 3 is 1.84 bits per heavy atom. The van der Waals surface area contributed by atoms with Gasteiger partial charge in [0, 0.05) is 7.11 Å². The van der Waals surface area contributed by atoms with Gasteiger partial charge in [-0.3, -0.25) is 5.32 Å². The maximum atomic E-state index is 9.43. The summed E-state index contributed by atoms with van der Waals surface area (Å²) in [5.74, 6) is 0. The quantitative estimate of drug-likeness (QED) is 0.293. The molecule has 3 unspecified atom stereocenters. The van der Waals surface area contributed by atoms with E-state index in [9.17, 15) is 15.3 Å². The van der Waals surface area contributed by atoms with E-state index in [1.807, 2.05) is 0 Å². The minimum Gasteiger partial charge on any atom is -0.365 e. The van der Waals surface area contributed by atoms with Gasteiger partial charge in [-0.15, -0.1) is 0 Å². The molecular weight excluding hydrogens is 254 g/mol. The predicted molar refractivity (Wildman–Crippen MR) is 68.9 cm³/mol. The molecule has 0 aromatic rings. The van der Waals surface area contributed by atoms with Crippen LogP contribution in [0.1, 0.15) is 6.92 Å². The number of ether oxygens (including phenoxy) is 3. The minimum absolute atomic E-state index is 0.00945. The molecule has 0 fully saturated rings. The first-order valence-corrected chi connectivity index (χ1v) is 5.70. The summed E-state index contributed by atoms with van der Waals surface area (Å²) in [6, 6.07) is 0. The predicted octanol–water partition coefficient (Wildman–Crippen LogP) is -0.701. The van der Waals surface area contributed by atoms with E-state index in [1.165, 1.54) is 19.3 Å². The van der Waals surface area contributed by atoms with E-state index in [2.05, 4.69) is 23.2 Å². The monoisotopic (exact) mass is 277 g/mol. The number of nitrogens with one attached hydrogen (secondary N) is 1. The van der Waals surface area contributed by atoms with Crippen LogP contribution in [0, 0.1) is 0 Å². The van der Waals surface area contributed by atoms with Crippen LogP contribution in [0.3, 0.4) is 0 Å². The number of methoxy groups -OCH3 is 1. The Balaban J connectivity index is 4.50. The molecule has 0 heterocycles. The van der Waals surface area contributed by atoms with Gasteiger partial charge in [0.15, 0.2) is 12.6 Å². The summed E-state index contributed by atoms with van der Waals surface area (Å²) in [6.07, 6.45) is -1.08. The molecule has 0 rings (SSSR count). The zero-order chi connectivity index (χ0) is 14.9. The average Bonchev–Trinajstić information content (AvgIpc) is 2.42. The van der Waals surface area contributed by atoms with Crippen LogP contribution in [0.5, 0.6) is 0 Å². The Morgan fingerprint density at radius 1 is 1.11 bits per heavy atom. The molecule has 0 saturated heterocycles. The number of hydrogen-bond donors (Lipinski definition) is 4. The summed E-state index contributed by atoms with van der Waals surface area (Å²) in [7, 11) is 1.32. The van der Waals surface area contributed by atoms with Crippen molar-refractivity contribution in [3.05, 3.63) is 25.3 Å². The fourth-order valence-corrected chi connectivity index (χ4v) is 1.16. The van der Waals surface area contributed by atoms with Gasteiger partial charge in [0.2, 0.25) is 6.41 Å². The number of rotatable bonds is 11. The second-order valence-corrected chi connectivity index (χ2v) is 4.17. The maximum absolute atomic E-state index is 9.43. The van der Waals surface area contributed by atoms with Gasteiger partial charge < -0.3 is 29.5 Å². The zero-order valence-electron chi connectivity index (χ0n) is 11.3. The summed E-state index contributed by atoms with van der Waals surface area (Å²) in [5.41, 5.74) is -0.899. The first-order chi connectivity index (χ1) is 8.86. The van der Waals surface area contributed by atoms with E-state index < -0.39 is 24.5 Å². The Labute approximate surface area is 113 Å². The summed E-state index contributed by atoms with van der Waals surface area (Å²) in [4.78, 5) is 0. The third kappa shape index (κ3) is 8.06. The van der Waals surface area contributed by atoms with Crippen molar-refractivity contribution in [1.29, 1.82) is 0 Å². The van der Waals surface area contributed by atoms with E-state index >= 15 is 0 Å². The molecule has 0 aliphatic heterocycles. The van der Waals surface area contributed by atoms with Crippen molar-refractivity contribution in [3.63, 3.8) is 0 Å². The molecule has 0 aromatic carbocycles. The lowest BCUT2D eigenvalue weighted by molar-refractivity contribution is -0.160. The normalized spacial score (nSPS) is 19.2. The third-order valence-corrected chi connectivity index (χ3v) is 2.24. The molecule has 7 nitrogen and oxygen atoms in total. The first kappa shape index (κ1) is 18.2. The number of aliphatic hydroxyl groups is 3. The fourth-order valence-electron chi connectivity index (χ4n) is 1.16. The van der Waals surface area contributed by atoms with Gasteiger partial charge in [0.05, 0.1) is 18.8 Å². The maximum Gasteiger partial charge on any atom is 0.213 e. The molecule has 19 heavy (non-hydrogen) atoms. The van der Waals surface area contributed by atoms with E-state index in [4.69, 9.17) is 9.47 Å². The van der Waals surface area contributed by atoms with Gasteiger partial charge in [-0.25, -0.2) is 0 Å². The lowest BCUT2D eigenvalue weighted by Crippen LogP contribution is -2.55. The third-order valence-electron chi connectivity index (χ3n) is 2.24. The molecule has 0 aliphatic rings. The average molecular weight is 277 g/mol. The van der Waals surface area contributed by atoms with Crippen LogP contribution in [-0.2, 0) is 14.2 Å². The molecule has 0 aromatic heterocycles. The molecule has 7 heteroatoms. The van der Waals surface area contributed by atoms with E-state index in [0.29, 0.717) is 0 Å². The SMILES string of the molecule is C=CC(O)OCC(C)(COC(O)C=C)NC(O)OC. The van der Waals surface area contributed by atoms with Gasteiger partial charge in [-0.1, -0.05) is 13.2 Å². The highest BCUT2D eigenvalue weighted by Gasteiger charge is 2.29. The smallest absolute Gasteiger partial charge is 0.213 e. The van der Waals surface area contributed by atoms with E-state index in [-0.39, 0.29) is 13.2 Å². The van der Waals surface area contributed by atoms with Crippen molar-refractivity contribution in [2.45, 2.75) is 31.5 Å². The van der Waals surface area contributed by atoms with Gasteiger partial charge in [-0.2, -0.15) is 0 Å². The Morgan fingerprint density at radius 2 is 1.53 bits per heavy atom. The summed E-state index contributed by atoms with van der Waals surface area (Å²) >= 11 is 0. The first-order valence-electron chi connectivity index (χ1n) is 5.70. The topological polar surface area (TPSA) is 100 Å². The second-order valence-electron chi connectivity index (χ2n) is 4.17. The van der Waals surface area contributed by atoms with Crippen LogP contribution < -0.4 is 5.32 Å². The van der Waals surface area contributed by atoms with Crippen LogP contribution in [0.25, 0.3) is 0 Å². The van der Waals surface area contributed by atoms with Crippen LogP contribution in [0.2, 0.25) is 0 Å². The highest BCUT2D eigenvalue weighted by atomic mass is 16.6. The molecule has 0 aliphatic carbocycles. The highest BCUT2D eigenvalue weighted by molar-refractivity contribution is 4.85. The summed E-state index contributed by atoms with van der Waals surface area (Å²) in [6.45, 7) is 8.39. The Bertz CT molecular complexity index is 255. The summed E-state index contributed by atoms with van der Waals surface area (Å²) < 4.78 is 14.9. The lowest BCUT2D eigenvalue weighted by atomic mass is 10.1. The van der Waals surface area contributed by atoms with Gasteiger partial charge in [0.1, 0.15) is 0 Å². The summed E-state index contributed by atoms with van der Waals surface area (Å²) in [5, 5.41) is 30.7. The molecule has 3 atom stereocenters. The minimum atomic E-state index is -1.24. The molecule has 0 spiro atoms. The lowest BCUT2D eigenvalue weighted by Gasteiger charge is -2.33. The van der Waals surface area contributed by atoms with Crippen LogP contribution in [0.4, 0.5) is 0 Å². The molecule has 0 bridgehead atoms. The van der Waals surface area contributed by atoms with Crippen LogP contribution >= 0.6 is 0 Å². The fraction of sp³-hybridized carbons (Fsp3) is 0.667. The molecule has 0 radical (unpaired) electrons. The highest BCUT2D eigenvalue weighted by Crippen LogP contribution is 2.10. The Kier molecular flexibility index (Phi) is 8.77. The van der Waals surface area contributed by atoms with Crippen molar-refractivity contribution in [3.8, 4) is 0 Å². The number of hydrogen-bond acceptors (Lipinski definition) is 7. The van der Waals surface area contributed by atoms with E-state index in [1.54, 1.807) is 6.92 Å². The van der Waals surface area contributed by atoms with Crippen LogP contribution in [0.15, 0.2) is 25.3 Å². The molecule has 0 amide bonds. The van der Waals surface area contributed by atoms with E-state index in [0.717, 1.165) is 0 Å². The second kappa shape index (κ2) is 9.16. The molecule has 4 N–H and O–H groups in total. The molecule has 0 saturated carbocycles. The van der Waals surface area contributed by atoms with Crippen molar-refractivity contribution < 1.29 is 29.5 Å². The van der Waals surface area contributed by atoms with Gasteiger partial charge in [-0.05, 0) is 19.1 Å². The zero-order valence-corrected chi connectivity index (χ0v) is 11.3. The largest absolute Gasteiger partial charge is 0.365 e. The van der Waals surface area contributed by atoms with Crippen LogP contribution in [-0.4, -0.2) is 60.2 Å². The molecule has 112 valence electrons. The van der Waals surface area contributed by atoms with Gasteiger partial charge >= 0.3 is 0 Å². The number of aliphatic hydroxyl groups excluding tert-OH is 3. The molecular formula is C12H23NO6. The van der Waals surface area contributed by atoms with Gasteiger partial charge in [0.25, 0.3) is 0 Å². The van der Waals surface area contributed by atoms with Crippen molar-refractivity contribution in [2.75, 3.05) is 20.3 Å². The van der Waals surface area contributed by atoms with Crippen molar-refractivity contribution in [2.24, 2.45) is 0 Å². The van der Waals surface area contributed by atoms with Crippen molar-refractivity contribution in [1.82, 2.24) is 5.32 Å². The van der Waals surface area contributed by atoms with Crippen molar-refractivity contribution >= 4 is 0 Å².